The predicted octanol–water partition coefficient (Wildman–Crippen LogP) is 2.31. The number of amides is 1. The van der Waals surface area contributed by atoms with Gasteiger partial charge in [-0.2, -0.15) is 0 Å². The first kappa shape index (κ1) is 14.7. The second-order valence-corrected chi connectivity index (χ2v) is 5.94. The fourth-order valence-corrected chi connectivity index (χ4v) is 3.21. The Hall–Kier alpha value is -2.89. The van der Waals surface area contributed by atoms with E-state index in [0.29, 0.717) is 6.54 Å². The molecule has 24 heavy (non-hydrogen) atoms. The van der Waals surface area contributed by atoms with Crippen molar-refractivity contribution in [2.24, 2.45) is 0 Å². The molecule has 0 aliphatic carbocycles. The molecule has 1 aliphatic heterocycles. The van der Waals surface area contributed by atoms with Gasteiger partial charge in [0.15, 0.2) is 0 Å². The smallest absolute Gasteiger partial charge is 0.253 e. The highest BCUT2D eigenvalue weighted by Gasteiger charge is 2.22. The van der Waals surface area contributed by atoms with Gasteiger partial charge in [0.05, 0.1) is 5.39 Å². The van der Waals surface area contributed by atoms with Gasteiger partial charge in [0.2, 0.25) is 0 Å². The lowest BCUT2D eigenvalue weighted by Crippen LogP contribution is -2.35. The maximum absolute atomic E-state index is 12.6. The largest absolute Gasteiger partial charge is 0.354 e. The van der Waals surface area contributed by atoms with Crippen molar-refractivity contribution < 1.29 is 4.79 Å². The van der Waals surface area contributed by atoms with Crippen molar-refractivity contribution in [2.45, 2.75) is 6.42 Å². The van der Waals surface area contributed by atoms with Crippen LogP contribution in [0.2, 0.25) is 0 Å². The van der Waals surface area contributed by atoms with E-state index in [-0.39, 0.29) is 5.91 Å². The number of carbonyl (C=O) groups is 1. The topological polar surface area (TPSA) is 65.1 Å². The number of aromatic nitrogens is 3. The molecule has 122 valence electrons. The van der Waals surface area contributed by atoms with Gasteiger partial charge in [-0.15, -0.1) is 0 Å². The van der Waals surface area contributed by atoms with Crippen LogP contribution in [0.5, 0.6) is 0 Å². The first-order valence-corrected chi connectivity index (χ1v) is 8.20. The summed E-state index contributed by atoms with van der Waals surface area (Å²) in [6.45, 7) is 3.13. The van der Waals surface area contributed by atoms with Crippen LogP contribution in [0.3, 0.4) is 0 Å². The number of nitrogens with zero attached hydrogens (tertiary/aromatic N) is 4. The Kier molecular flexibility index (Phi) is 3.86. The second-order valence-electron chi connectivity index (χ2n) is 5.94. The minimum Gasteiger partial charge on any atom is -0.354 e. The Morgan fingerprint density at radius 1 is 1.00 bits per heavy atom. The lowest BCUT2D eigenvalue weighted by Gasteiger charge is -2.23. The Balaban J connectivity index is 1.52. The highest BCUT2D eigenvalue weighted by Crippen LogP contribution is 2.23. The molecule has 3 aromatic rings. The van der Waals surface area contributed by atoms with Crippen molar-refractivity contribution in [3.8, 4) is 0 Å². The summed E-state index contributed by atoms with van der Waals surface area (Å²) < 4.78 is 0. The number of rotatable bonds is 2. The van der Waals surface area contributed by atoms with E-state index in [0.717, 1.165) is 48.5 Å². The van der Waals surface area contributed by atoms with Gasteiger partial charge in [-0.1, -0.05) is 18.2 Å². The van der Waals surface area contributed by atoms with Crippen LogP contribution in [0.1, 0.15) is 16.8 Å². The predicted molar refractivity (Wildman–Crippen MR) is 93.1 cm³/mol. The number of anilines is 1. The Morgan fingerprint density at radius 3 is 2.75 bits per heavy atom. The Morgan fingerprint density at radius 2 is 1.88 bits per heavy atom. The normalized spacial score (nSPS) is 15.5. The first-order chi connectivity index (χ1) is 11.8. The van der Waals surface area contributed by atoms with Gasteiger partial charge in [-0.25, -0.2) is 9.97 Å². The Bertz CT molecular complexity index is 845. The van der Waals surface area contributed by atoms with Gasteiger partial charge < -0.3 is 14.8 Å². The molecule has 1 aliphatic rings. The third-order valence-electron chi connectivity index (χ3n) is 4.44. The number of H-pyrrole nitrogens is 1. The second kappa shape index (κ2) is 6.31. The monoisotopic (exact) mass is 321 g/mol. The molecule has 0 spiro atoms. The van der Waals surface area contributed by atoms with Crippen molar-refractivity contribution in [1.29, 1.82) is 0 Å². The van der Waals surface area contributed by atoms with Crippen molar-refractivity contribution in [3.63, 3.8) is 0 Å². The Labute approximate surface area is 140 Å². The molecule has 6 heteroatoms. The van der Waals surface area contributed by atoms with Crippen molar-refractivity contribution in [2.75, 3.05) is 31.1 Å². The van der Waals surface area contributed by atoms with Gasteiger partial charge in [0.1, 0.15) is 17.8 Å². The minimum atomic E-state index is 0.104. The molecule has 0 saturated carbocycles. The summed E-state index contributed by atoms with van der Waals surface area (Å²) in [5.74, 6) is 1.04. The molecule has 1 N–H and O–H groups in total. The first-order valence-electron chi connectivity index (χ1n) is 8.20. The number of carbonyl (C=O) groups excluding carboxylic acids is 1. The number of benzene rings is 1. The minimum absolute atomic E-state index is 0.104. The maximum atomic E-state index is 12.6. The van der Waals surface area contributed by atoms with Crippen LogP contribution in [0, 0.1) is 0 Å². The molecular formula is C18H19N5O. The average Bonchev–Trinajstić information content (AvgIpc) is 2.99. The molecule has 1 aromatic carbocycles. The molecule has 6 nitrogen and oxygen atoms in total. The highest BCUT2D eigenvalue weighted by molar-refractivity contribution is 5.94. The summed E-state index contributed by atoms with van der Waals surface area (Å²) in [6.07, 6.45) is 4.40. The number of aromatic amines is 1. The van der Waals surface area contributed by atoms with Crippen LogP contribution in [0.4, 0.5) is 5.82 Å². The van der Waals surface area contributed by atoms with E-state index in [4.69, 9.17) is 0 Å². The molecule has 0 bridgehead atoms. The zero-order valence-electron chi connectivity index (χ0n) is 13.4. The van der Waals surface area contributed by atoms with E-state index >= 15 is 0 Å². The van der Waals surface area contributed by atoms with Gasteiger partial charge in [0, 0.05) is 37.9 Å². The van der Waals surface area contributed by atoms with Crippen molar-refractivity contribution in [1.82, 2.24) is 19.9 Å². The van der Waals surface area contributed by atoms with E-state index in [9.17, 15) is 4.79 Å². The third-order valence-corrected chi connectivity index (χ3v) is 4.44. The lowest BCUT2D eigenvalue weighted by molar-refractivity contribution is 0.0767. The number of hydrogen-bond acceptors (Lipinski definition) is 4. The summed E-state index contributed by atoms with van der Waals surface area (Å²) in [6, 6.07) is 11.5. The standard InChI is InChI=1S/C18H19N5O/c24-18(14-5-2-1-3-6-14)23-10-4-9-22(11-12-23)17-15-7-8-19-16(15)20-13-21-17/h1-3,5-8,13H,4,9-12H2,(H,19,20,21). The summed E-state index contributed by atoms with van der Waals surface area (Å²) in [7, 11) is 0. The summed E-state index contributed by atoms with van der Waals surface area (Å²) >= 11 is 0. The summed E-state index contributed by atoms with van der Waals surface area (Å²) in [5.41, 5.74) is 1.60. The fraction of sp³-hybridized carbons (Fsp3) is 0.278. The average molecular weight is 321 g/mol. The molecule has 0 unspecified atom stereocenters. The molecule has 1 saturated heterocycles. The molecular weight excluding hydrogens is 302 g/mol. The molecule has 1 fully saturated rings. The summed E-state index contributed by atoms with van der Waals surface area (Å²) in [4.78, 5) is 28.7. The quantitative estimate of drug-likeness (QED) is 0.786. The molecule has 0 radical (unpaired) electrons. The van der Waals surface area contributed by atoms with Crippen molar-refractivity contribution in [3.05, 3.63) is 54.5 Å². The van der Waals surface area contributed by atoms with E-state index in [1.165, 1.54) is 0 Å². The summed E-state index contributed by atoms with van der Waals surface area (Å²) in [5, 5.41) is 1.03. The van der Waals surface area contributed by atoms with E-state index in [1.54, 1.807) is 6.33 Å². The van der Waals surface area contributed by atoms with Crippen LogP contribution in [-0.4, -0.2) is 51.9 Å². The van der Waals surface area contributed by atoms with E-state index < -0.39 is 0 Å². The van der Waals surface area contributed by atoms with Crippen molar-refractivity contribution >= 4 is 22.8 Å². The number of nitrogens with one attached hydrogen (secondary N) is 1. The van der Waals surface area contributed by atoms with Crippen LogP contribution in [0.25, 0.3) is 11.0 Å². The fourth-order valence-electron chi connectivity index (χ4n) is 3.21. The molecule has 0 atom stereocenters. The molecule has 1 amide bonds. The van der Waals surface area contributed by atoms with E-state index in [2.05, 4.69) is 19.9 Å². The zero-order chi connectivity index (χ0) is 16.4. The van der Waals surface area contributed by atoms with Gasteiger partial charge in [-0.05, 0) is 24.6 Å². The zero-order valence-corrected chi connectivity index (χ0v) is 13.4. The van der Waals surface area contributed by atoms with E-state index in [1.807, 2.05) is 47.5 Å². The van der Waals surface area contributed by atoms with Gasteiger partial charge in [0.25, 0.3) is 5.91 Å². The number of hydrogen-bond donors (Lipinski definition) is 1. The van der Waals surface area contributed by atoms with Crippen LogP contribution in [-0.2, 0) is 0 Å². The highest BCUT2D eigenvalue weighted by atomic mass is 16.2. The van der Waals surface area contributed by atoms with Crippen LogP contribution < -0.4 is 4.90 Å². The molecule has 3 heterocycles. The maximum Gasteiger partial charge on any atom is 0.253 e. The van der Waals surface area contributed by atoms with Gasteiger partial charge in [-0.3, -0.25) is 4.79 Å². The molecule has 4 rings (SSSR count). The SMILES string of the molecule is O=C(c1ccccc1)N1CCCN(c2ncnc3[nH]ccc23)CC1. The van der Waals surface area contributed by atoms with Gasteiger partial charge >= 0.3 is 0 Å². The lowest BCUT2D eigenvalue weighted by atomic mass is 10.2. The number of fused-ring (bicyclic) bond motifs is 1. The third kappa shape index (κ3) is 2.71. The molecule has 2 aromatic heterocycles. The van der Waals surface area contributed by atoms with Crippen LogP contribution >= 0.6 is 0 Å². The van der Waals surface area contributed by atoms with Crippen LogP contribution in [0.15, 0.2) is 48.9 Å².